The number of nitrogens with two attached hydrogens (primary N) is 1. The fourth-order valence-corrected chi connectivity index (χ4v) is 4.45. The molecule has 20 heavy (non-hydrogen) atoms. The van der Waals surface area contributed by atoms with Crippen molar-refractivity contribution in [1.29, 1.82) is 0 Å². The maximum absolute atomic E-state index is 12.3. The van der Waals surface area contributed by atoms with E-state index in [0.717, 1.165) is 24.9 Å². The number of para-hydroxylation sites is 1. The second-order valence-corrected chi connectivity index (χ2v) is 7.57. The lowest BCUT2D eigenvalue weighted by Gasteiger charge is -2.22. The lowest BCUT2D eigenvalue weighted by Crippen LogP contribution is -2.30. The van der Waals surface area contributed by atoms with Gasteiger partial charge >= 0.3 is 0 Å². The van der Waals surface area contributed by atoms with Gasteiger partial charge < -0.3 is 11.1 Å². The first kappa shape index (κ1) is 15.3. The minimum atomic E-state index is -3.20. The summed E-state index contributed by atoms with van der Waals surface area (Å²) in [5, 5.41) is 3.42. The second-order valence-electron chi connectivity index (χ2n) is 5.49. The Balaban J connectivity index is 2.24. The Morgan fingerprint density at radius 2 is 2.05 bits per heavy atom. The summed E-state index contributed by atoms with van der Waals surface area (Å²) < 4.78 is 24.6. The molecule has 1 saturated carbocycles. The number of hydrogen-bond donors (Lipinski definition) is 2. The molecule has 0 spiro atoms. The standard InChI is InChI=1S/C15H24N2O2S/c1-2-10-20(18,19)15-9-4-3-7-14(15)17-13-8-5-6-12(13)11-16/h3-4,7,9,12-13,17H,2,5-6,8,10-11,16H2,1H3. The van der Waals surface area contributed by atoms with E-state index in [2.05, 4.69) is 5.32 Å². The van der Waals surface area contributed by atoms with E-state index in [1.165, 1.54) is 0 Å². The van der Waals surface area contributed by atoms with Crippen molar-refractivity contribution >= 4 is 15.5 Å². The van der Waals surface area contributed by atoms with Gasteiger partial charge in [0.05, 0.1) is 16.3 Å². The van der Waals surface area contributed by atoms with Crippen LogP contribution in [-0.4, -0.2) is 26.8 Å². The fraction of sp³-hybridized carbons (Fsp3) is 0.600. The third-order valence-corrected chi connectivity index (χ3v) is 5.97. The van der Waals surface area contributed by atoms with E-state index in [1.54, 1.807) is 12.1 Å². The summed E-state index contributed by atoms with van der Waals surface area (Å²) in [6.45, 7) is 2.54. The summed E-state index contributed by atoms with van der Waals surface area (Å²) in [5.41, 5.74) is 6.52. The molecule has 2 rings (SSSR count). The average Bonchev–Trinajstić information content (AvgIpc) is 2.86. The number of rotatable bonds is 6. The van der Waals surface area contributed by atoms with Gasteiger partial charge in [-0.05, 0) is 43.9 Å². The van der Waals surface area contributed by atoms with E-state index in [-0.39, 0.29) is 11.8 Å². The molecule has 2 unspecified atom stereocenters. The maximum Gasteiger partial charge on any atom is 0.180 e. The normalized spacial score (nSPS) is 22.9. The molecule has 0 heterocycles. The number of hydrogen-bond acceptors (Lipinski definition) is 4. The number of sulfone groups is 1. The van der Waals surface area contributed by atoms with Crippen LogP contribution in [0.4, 0.5) is 5.69 Å². The van der Waals surface area contributed by atoms with Gasteiger partial charge in [-0.1, -0.05) is 25.5 Å². The predicted molar refractivity (Wildman–Crippen MR) is 82.6 cm³/mol. The molecule has 0 radical (unpaired) electrons. The van der Waals surface area contributed by atoms with Crippen molar-refractivity contribution in [2.45, 2.75) is 43.5 Å². The lowest BCUT2D eigenvalue weighted by molar-refractivity contribution is 0.515. The molecule has 112 valence electrons. The zero-order valence-corrected chi connectivity index (χ0v) is 12.8. The summed E-state index contributed by atoms with van der Waals surface area (Å²) in [6, 6.07) is 7.49. The van der Waals surface area contributed by atoms with Crippen molar-refractivity contribution in [2.24, 2.45) is 11.7 Å². The van der Waals surface area contributed by atoms with Crippen LogP contribution in [0.15, 0.2) is 29.2 Å². The second kappa shape index (κ2) is 6.59. The van der Waals surface area contributed by atoms with E-state index in [0.29, 0.717) is 23.8 Å². The van der Waals surface area contributed by atoms with Gasteiger partial charge in [0, 0.05) is 6.04 Å². The Morgan fingerprint density at radius 3 is 2.75 bits per heavy atom. The molecule has 3 N–H and O–H groups in total. The van der Waals surface area contributed by atoms with Gasteiger partial charge in [0.2, 0.25) is 0 Å². The highest BCUT2D eigenvalue weighted by Gasteiger charge is 2.27. The van der Waals surface area contributed by atoms with Crippen LogP contribution in [-0.2, 0) is 9.84 Å². The SMILES string of the molecule is CCCS(=O)(=O)c1ccccc1NC1CCCC1CN. The van der Waals surface area contributed by atoms with Gasteiger partial charge in [-0.2, -0.15) is 0 Å². The van der Waals surface area contributed by atoms with Crippen molar-refractivity contribution < 1.29 is 8.42 Å². The first-order valence-corrected chi connectivity index (χ1v) is 9.02. The summed E-state index contributed by atoms with van der Waals surface area (Å²) >= 11 is 0. The Kier molecular flexibility index (Phi) is 5.05. The predicted octanol–water partition coefficient (Wildman–Crippen LogP) is 2.41. The Morgan fingerprint density at radius 1 is 1.30 bits per heavy atom. The van der Waals surface area contributed by atoms with E-state index in [9.17, 15) is 8.42 Å². The first-order chi connectivity index (χ1) is 9.58. The van der Waals surface area contributed by atoms with Crippen molar-refractivity contribution in [3.05, 3.63) is 24.3 Å². The van der Waals surface area contributed by atoms with Gasteiger partial charge in [-0.3, -0.25) is 0 Å². The smallest absolute Gasteiger partial charge is 0.180 e. The van der Waals surface area contributed by atoms with Crippen LogP contribution in [0.1, 0.15) is 32.6 Å². The lowest BCUT2D eigenvalue weighted by atomic mass is 10.0. The van der Waals surface area contributed by atoms with Crippen LogP contribution in [0.25, 0.3) is 0 Å². The Hall–Kier alpha value is -1.07. The Bertz CT molecular complexity index is 543. The highest BCUT2D eigenvalue weighted by Crippen LogP contribution is 2.30. The van der Waals surface area contributed by atoms with Crippen LogP contribution < -0.4 is 11.1 Å². The molecular formula is C15H24N2O2S. The average molecular weight is 296 g/mol. The molecule has 0 bridgehead atoms. The Labute approximate surface area is 121 Å². The van der Waals surface area contributed by atoms with Gasteiger partial charge in [-0.25, -0.2) is 8.42 Å². The molecule has 1 aliphatic rings. The van der Waals surface area contributed by atoms with E-state index in [1.807, 2.05) is 19.1 Å². The molecule has 1 aromatic rings. The molecule has 1 fully saturated rings. The fourth-order valence-electron chi connectivity index (χ4n) is 2.94. The molecule has 0 aliphatic heterocycles. The summed E-state index contributed by atoms with van der Waals surface area (Å²) in [4.78, 5) is 0.421. The quantitative estimate of drug-likeness (QED) is 0.845. The highest BCUT2D eigenvalue weighted by atomic mass is 32.2. The maximum atomic E-state index is 12.3. The van der Waals surface area contributed by atoms with E-state index >= 15 is 0 Å². The first-order valence-electron chi connectivity index (χ1n) is 7.37. The summed E-state index contributed by atoms with van der Waals surface area (Å²) in [6.07, 6.45) is 3.97. The van der Waals surface area contributed by atoms with Crippen molar-refractivity contribution in [3.8, 4) is 0 Å². The molecular weight excluding hydrogens is 272 g/mol. The van der Waals surface area contributed by atoms with Crippen LogP contribution in [0.5, 0.6) is 0 Å². The third kappa shape index (κ3) is 3.33. The molecule has 4 nitrogen and oxygen atoms in total. The van der Waals surface area contributed by atoms with Crippen LogP contribution in [0, 0.1) is 5.92 Å². The van der Waals surface area contributed by atoms with Gasteiger partial charge in [0.25, 0.3) is 0 Å². The van der Waals surface area contributed by atoms with Crippen molar-refractivity contribution in [2.75, 3.05) is 17.6 Å². The molecule has 1 aromatic carbocycles. The highest BCUT2D eigenvalue weighted by molar-refractivity contribution is 7.91. The molecule has 5 heteroatoms. The van der Waals surface area contributed by atoms with Crippen LogP contribution >= 0.6 is 0 Å². The summed E-state index contributed by atoms with van der Waals surface area (Å²) in [5.74, 6) is 0.633. The monoisotopic (exact) mass is 296 g/mol. The number of anilines is 1. The van der Waals surface area contributed by atoms with Crippen LogP contribution in [0.2, 0.25) is 0 Å². The number of nitrogens with one attached hydrogen (secondary N) is 1. The largest absolute Gasteiger partial charge is 0.381 e. The third-order valence-electron chi connectivity index (χ3n) is 4.00. The molecule has 0 amide bonds. The zero-order valence-electron chi connectivity index (χ0n) is 12.0. The topological polar surface area (TPSA) is 72.2 Å². The molecule has 0 aromatic heterocycles. The van der Waals surface area contributed by atoms with E-state index < -0.39 is 9.84 Å². The number of benzene rings is 1. The van der Waals surface area contributed by atoms with Gasteiger partial charge in [-0.15, -0.1) is 0 Å². The van der Waals surface area contributed by atoms with Gasteiger partial charge in [0.15, 0.2) is 9.84 Å². The van der Waals surface area contributed by atoms with E-state index in [4.69, 9.17) is 5.73 Å². The molecule has 1 aliphatic carbocycles. The molecule has 0 saturated heterocycles. The van der Waals surface area contributed by atoms with Crippen LogP contribution in [0.3, 0.4) is 0 Å². The summed E-state index contributed by atoms with van der Waals surface area (Å²) in [7, 11) is -3.20. The minimum absolute atomic E-state index is 0.191. The zero-order chi connectivity index (χ0) is 14.6. The minimum Gasteiger partial charge on any atom is -0.381 e. The van der Waals surface area contributed by atoms with Gasteiger partial charge in [0.1, 0.15) is 0 Å². The van der Waals surface area contributed by atoms with Crippen molar-refractivity contribution in [3.63, 3.8) is 0 Å². The molecule has 2 atom stereocenters. The van der Waals surface area contributed by atoms with Crippen molar-refractivity contribution in [1.82, 2.24) is 0 Å².